The summed E-state index contributed by atoms with van der Waals surface area (Å²) in [6.45, 7) is 2.24. The van der Waals surface area contributed by atoms with Crippen LogP contribution >= 0.6 is 27.3 Å². The average Bonchev–Trinajstić information content (AvgIpc) is 3.27. The number of carbonyl (C=O) groups excluding carboxylic acids is 1. The largest absolute Gasteiger partial charge is 0.335 e. The summed E-state index contributed by atoms with van der Waals surface area (Å²) in [5, 5.41) is 4.43. The number of rotatable bonds is 3. The highest BCUT2D eigenvalue weighted by Crippen LogP contribution is 2.29. The zero-order valence-electron chi connectivity index (χ0n) is 14.1. The van der Waals surface area contributed by atoms with E-state index >= 15 is 0 Å². The van der Waals surface area contributed by atoms with Crippen LogP contribution in [0.4, 0.5) is 0 Å². The molecule has 2 aromatic rings. The Morgan fingerprint density at radius 3 is 2.54 bits per heavy atom. The smallest absolute Gasteiger partial charge is 0.274 e. The van der Waals surface area contributed by atoms with Gasteiger partial charge in [-0.15, -0.1) is 11.3 Å². The molecule has 0 bridgehead atoms. The normalized spacial score (nSPS) is 18.7. The van der Waals surface area contributed by atoms with Crippen LogP contribution in [-0.2, 0) is 23.0 Å². The fourth-order valence-electron chi connectivity index (χ4n) is 3.38. The Morgan fingerprint density at radius 2 is 1.88 bits per heavy atom. The maximum atomic E-state index is 12.7. The van der Waals surface area contributed by atoms with Gasteiger partial charge in [-0.1, -0.05) is 0 Å². The van der Waals surface area contributed by atoms with E-state index in [1.165, 1.54) is 15.6 Å². The SMILES string of the molecule is O=C(c1cc2n(n1)CCCC2)N1CCN(S(=O)(=O)c2ccc(Br)s2)CC1. The molecule has 10 heteroatoms. The summed E-state index contributed by atoms with van der Waals surface area (Å²) in [5.41, 5.74) is 1.59. The summed E-state index contributed by atoms with van der Waals surface area (Å²) in [5.74, 6) is -0.109. The standard InChI is InChI=1S/C16H19BrN4O3S2/c17-14-4-5-15(25-14)26(23,24)20-9-7-19(8-10-20)16(22)13-11-12-3-1-2-6-21(12)18-13/h4-5,11H,1-3,6-10H2. The van der Waals surface area contributed by atoms with Crippen molar-refractivity contribution in [1.29, 1.82) is 0 Å². The van der Waals surface area contributed by atoms with Crippen LogP contribution in [0.25, 0.3) is 0 Å². The lowest BCUT2D eigenvalue weighted by Gasteiger charge is -2.33. The molecule has 140 valence electrons. The van der Waals surface area contributed by atoms with Gasteiger partial charge in [-0.3, -0.25) is 9.48 Å². The summed E-state index contributed by atoms with van der Waals surface area (Å²) < 4.78 is 29.8. The molecule has 0 N–H and O–H groups in total. The van der Waals surface area contributed by atoms with Crippen molar-refractivity contribution in [2.45, 2.75) is 30.0 Å². The number of sulfonamides is 1. The number of halogens is 1. The highest BCUT2D eigenvalue weighted by atomic mass is 79.9. The van der Waals surface area contributed by atoms with Crippen molar-refractivity contribution in [2.24, 2.45) is 0 Å². The molecular weight excluding hydrogens is 440 g/mol. The quantitative estimate of drug-likeness (QED) is 0.706. The minimum atomic E-state index is -3.49. The van der Waals surface area contributed by atoms with Gasteiger partial charge in [-0.25, -0.2) is 8.42 Å². The Morgan fingerprint density at radius 1 is 1.12 bits per heavy atom. The lowest BCUT2D eigenvalue weighted by atomic mass is 10.1. The number of amides is 1. The van der Waals surface area contributed by atoms with Crippen molar-refractivity contribution < 1.29 is 13.2 Å². The molecule has 0 radical (unpaired) electrons. The maximum absolute atomic E-state index is 12.7. The highest BCUT2D eigenvalue weighted by Gasteiger charge is 2.32. The molecule has 7 nitrogen and oxygen atoms in total. The van der Waals surface area contributed by atoms with Gasteiger partial charge in [0.25, 0.3) is 15.9 Å². The number of thiophene rings is 1. The van der Waals surface area contributed by atoms with Crippen LogP contribution in [0.2, 0.25) is 0 Å². The summed E-state index contributed by atoms with van der Waals surface area (Å²) >= 11 is 4.50. The Hall–Kier alpha value is -1.23. The first-order valence-electron chi connectivity index (χ1n) is 8.56. The number of nitrogens with zero attached hydrogens (tertiary/aromatic N) is 4. The van der Waals surface area contributed by atoms with Crippen molar-refractivity contribution in [3.05, 3.63) is 33.4 Å². The second kappa shape index (κ2) is 7.06. The molecule has 2 aliphatic rings. The Labute approximate surface area is 164 Å². The van der Waals surface area contributed by atoms with E-state index in [0.717, 1.165) is 35.3 Å². The van der Waals surface area contributed by atoms with Crippen LogP contribution in [0.3, 0.4) is 0 Å². The van der Waals surface area contributed by atoms with E-state index < -0.39 is 10.0 Å². The first kappa shape index (κ1) is 18.1. The average molecular weight is 459 g/mol. The minimum absolute atomic E-state index is 0.109. The molecule has 1 fully saturated rings. The molecule has 2 aliphatic heterocycles. The molecule has 0 spiro atoms. The number of carbonyl (C=O) groups is 1. The molecule has 0 aliphatic carbocycles. The van der Waals surface area contributed by atoms with Crippen LogP contribution in [0, 0.1) is 0 Å². The molecule has 1 amide bonds. The van der Waals surface area contributed by atoms with E-state index in [0.29, 0.717) is 36.1 Å². The van der Waals surface area contributed by atoms with E-state index in [-0.39, 0.29) is 5.91 Å². The first-order chi connectivity index (χ1) is 12.4. The van der Waals surface area contributed by atoms with Gasteiger partial charge in [0.1, 0.15) is 4.21 Å². The first-order valence-corrected chi connectivity index (χ1v) is 11.6. The monoisotopic (exact) mass is 458 g/mol. The summed E-state index contributed by atoms with van der Waals surface area (Å²) in [7, 11) is -3.49. The lowest BCUT2D eigenvalue weighted by molar-refractivity contribution is 0.0691. The van der Waals surface area contributed by atoms with Crippen molar-refractivity contribution in [3.63, 3.8) is 0 Å². The van der Waals surface area contributed by atoms with E-state index in [2.05, 4.69) is 21.0 Å². The van der Waals surface area contributed by atoms with E-state index in [1.807, 2.05) is 10.7 Å². The minimum Gasteiger partial charge on any atom is -0.335 e. The molecule has 26 heavy (non-hydrogen) atoms. The number of fused-ring (bicyclic) bond motifs is 1. The van der Waals surface area contributed by atoms with Crippen LogP contribution in [-0.4, -0.2) is 59.5 Å². The molecule has 0 aromatic carbocycles. The molecule has 2 aromatic heterocycles. The Bertz CT molecular complexity index is 906. The molecular formula is C16H19BrN4O3S2. The van der Waals surface area contributed by atoms with E-state index in [1.54, 1.807) is 17.0 Å². The van der Waals surface area contributed by atoms with Crippen LogP contribution in [0.1, 0.15) is 29.0 Å². The van der Waals surface area contributed by atoms with Crippen LogP contribution < -0.4 is 0 Å². The summed E-state index contributed by atoms with van der Waals surface area (Å²) in [6, 6.07) is 5.23. The maximum Gasteiger partial charge on any atom is 0.274 e. The fraction of sp³-hybridized carbons (Fsp3) is 0.500. The van der Waals surface area contributed by atoms with Crippen molar-refractivity contribution in [3.8, 4) is 0 Å². The predicted molar refractivity (Wildman–Crippen MR) is 102 cm³/mol. The second-order valence-corrected chi connectivity index (χ2v) is 11.1. The van der Waals surface area contributed by atoms with Crippen molar-refractivity contribution >= 4 is 43.2 Å². The number of aryl methyl sites for hydroxylation is 2. The predicted octanol–water partition coefficient (Wildman–Crippen LogP) is 2.19. The number of hydrogen-bond acceptors (Lipinski definition) is 5. The molecule has 0 atom stereocenters. The highest BCUT2D eigenvalue weighted by molar-refractivity contribution is 9.11. The Balaban J connectivity index is 1.43. The fourth-order valence-corrected chi connectivity index (χ4v) is 6.97. The molecule has 0 unspecified atom stereocenters. The molecule has 4 heterocycles. The zero-order chi connectivity index (χ0) is 18.3. The van der Waals surface area contributed by atoms with Gasteiger partial charge in [0.05, 0.1) is 3.79 Å². The van der Waals surface area contributed by atoms with E-state index in [4.69, 9.17) is 0 Å². The second-order valence-electron chi connectivity index (χ2n) is 6.46. The number of hydrogen-bond donors (Lipinski definition) is 0. The summed E-state index contributed by atoms with van der Waals surface area (Å²) in [6.07, 6.45) is 3.19. The lowest BCUT2D eigenvalue weighted by Crippen LogP contribution is -2.50. The zero-order valence-corrected chi connectivity index (χ0v) is 17.3. The molecule has 4 rings (SSSR count). The van der Waals surface area contributed by atoms with Gasteiger partial charge < -0.3 is 4.90 Å². The van der Waals surface area contributed by atoms with Gasteiger partial charge in [0.2, 0.25) is 0 Å². The van der Waals surface area contributed by atoms with Crippen LogP contribution in [0.5, 0.6) is 0 Å². The number of aromatic nitrogens is 2. The van der Waals surface area contributed by atoms with E-state index in [9.17, 15) is 13.2 Å². The van der Waals surface area contributed by atoms with Gasteiger partial charge in [0, 0.05) is 38.4 Å². The third-order valence-corrected chi connectivity index (χ3v) is 8.79. The third-order valence-electron chi connectivity index (χ3n) is 4.80. The van der Waals surface area contributed by atoms with Gasteiger partial charge >= 0.3 is 0 Å². The molecule has 1 saturated heterocycles. The van der Waals surface area contributed by atoms with Gasteiger partial charge in [-0.2, -0.15) is 9.40 Å². The van der Waals surface area contributed by atoms with Crippen molar-refractivity contribution in [1.82, 2.24) is 19.0 Å². The van der Waals surface area contributed by atoms with Gasteiger partial charge in [0.15, 0.2) is 5.69 Å². The molecule has 0 saturated carbocycles. The topological polar surface area (TPSA) is 75.5 Å². The summed E-state index contributed by atoms with van der Waals surface area (Å²) in [4.78, 5) is 14.4. The number of piperazine rings is 1. The Kier molecular flexibility index (Phi) is 4.93. The third kappa shape index (κ3) is 3.35. The van der Waals surface area contributed by atoms with Crippen molar-refractivity contribution in [2.75, 3.05) is 26.2 Å². The van der Waals surface area contributed by atoms with Gasteiger partial charge in [-0.05, 0) is 53.4 Å². The van der Waals surface area contributed by atoms with Crippen LogP contribution in [0.15, 0.2) is 26.2 Å².